The van der Waals surface area contributed by atoms with Crippen molar-refractivity contribution < 1.29 is 13.3 Å². The Kier molecular flexibility index (Phi) is 7.43. The van der Waals surface area contributed by atoms with Gasteiger partial charge in [-0.3, -0.25) is 0 Å². The highest BCUT2D eigenvalue weighted by Crippen LogP contribution is 2.48. The Bertz CT molecular complexity index is 897. The SMILES string of the molecule is CCO[Si](OCC)(OCC)C1(c2nc3ccccc3s2)[CH]C(=S)C(=S)C(C)C1=S. The van der Waals surface area contributed by atoms with Crippen LogP contribution in [0.5, 0.6) is 0 Å². The number of thiocarbonyl (C=S) groups is 3. The number of aromatic nitrogens is 1. The lowest BCUT2D eigenvalue weighted by Crippen LogP contribution is -2.70. The van der Waals surface area contributed by atoms with E-state index in [0.29, 0.717) is 34.4 Å². The summed E-state index contributed by atoms with van der Waals surface area (Å²) in [4.78, 5) is 6.93. The Morgan fingerprint density at radius 2 is 1.62 bits per heavy atom. The maximum absolute atomic E-state index is 6.35. The number of benzene rings is 1. The van der Waals surface area contributed by atoms with Crippen molar-refractivity contribution in [2.75, 3.05) is 19.8 Å². The molecule has 1 saturated carbocycles. The van der Waals surface area contributed by atoms with Gasteiger partial charge in [0, 0.05) is 46.8 Å². The van der Waals surface area contributed by atoms with Gasteiger partial charge in [0.15, 0.2) is 0 Å². The topological polar surface area (TPSA) is 40.6 Å². The molecule has 0 N–H and O–H groups in total. The zero-order valence-corrected chi connectivity index (χ0v) is 21.2. The molecule has 29 heavy (non-hydrogen) atoms. The van der Waals surface area contributed by atoms with Crippen LogP contribution in [-0.4, -0.2) is 48.2 Å². The van der Waals surface area contributed by atoms with Crippen LogP contribution >= 0.6 is 48.0 Å². The summed E-state index contributed by atoms with van der Waals surface area (Å²) in [5.74, 6) is -0.183. The molecule has 0 amide bonds. The van der Waals surface area contributed by atoms with Crippen molar-refractivity contribution in [1.29, 1.82) is 0 Å². The van der Waals surface area contributed by atoms with Crippen LogP contribution in [0.1, 0.15) is 32.7 Å². The maximum atomic E-state index is 6.35. The van der Waals surface area contributed by atoms with E-state index in [1.54, 1.807) is 11.3 Å². The molecular weight excluding hydrogens is 459 g/mol. The minimum absolute atomic E-state index is 0.183. The summed E-state index contributed by atoms with van der Waals surface area (Å²) in [6, 6.07) is 8.02. The lowest BCUT2D eigenvalue weighted by atomic mass is 9.81. The van der Waals surface area contributed by atoms with Gasteiger partial charge in [-0.05, 0) is 32.9 Å². The van der Waals surface area contributed by atoms with Crippen LogP contribution < -0.4 is 0 Å². The van der Waals surface area contributed by atoms with Crippen molar-refractivity contribution >= 4 is 81.6 Å². The van der Waals surface area contributed by atoms with Crippen molar-refractivity contribution in [3.05, 3.63) is 35.7 Å². The molecule has 3 rings (SSSR count). The Balaban J connectivity index is 2.34. The first kappa shape index (κ1) is 23.1. The molecule has 0 aliphatic heterocycles. The van der Waals surface area contributed by atoms with Gasteiger partial charge in [0.1, 0.15) is 10.0 Å². The van der Waals surface area contributed by atoms with Crippen LogP contribution in [0, 0.1) is 12.3 Å². The fraction of sp³-hybridized carbons (Fsp3) is 0.450. The average molecular weight is 483 g/mol. The van der Waals surface area contributed by atoms with E-state index in [9.17, 15) is 0 Å². The molecule has 1 aromatic carbocycles. The summed E-state index contributed by atoms with van der Waals surface area (Å²) >= 11 is 18.9. The van der Waals surface area contributed by atoms with Gasteiger partial charge < -0.3 is 13.3 Å². The van der Waals surface area contributed by atoms with Crippen molar-refractivity contribution in [2.45, 2.75) is 32.7 Å². The van der Waals surface area contributed by atoms with E-state index in [1.165, 1.54) is 0 Å². The van der Waals surface area contributed by atoms with E-state index >= 15 is 0 Å². The Morgan fingerprint density at radius 1 is 1.03 bits per heavy atom. The van der Waals surface area contributed by atoms with Gasteiger partial charge in [0.2, 0.25) is 0 Å². The zero-order valence-electron chi connectivity index (χ0n) is 16.9. The second-order valence-corrected chi connectivity index (χ2v) is 11.7. The lowest BCUT2D eigenvalue weighted by molar-refractivity contribution is 0.0585. The lowest BCUT2D eigenvalue weighted by Gasteiger charge is -2.48. The molecule has 1 radical (unpaired) electrons. The molecule has 1 aliphatic rings. The van der Waals surface area contributed by atoms with Gasteiger partial charge in [0.05, 0.1) is 10.2 Å². The van der Waals surface area contributed by atoms with Crippen molar-refractivity contribution in [2.24, 2.45) is 5.92 Å². The van der Waals surface area contributed by atoms with Crippen LogP contribution in [0.25, 0.3) is 10.2 Å². The van der Waals surface area contributed by atoms with E-state index in [1.807, 2.05) is 58.4 Å². The molecule has 9 heteroatoms. The minimum Gasteiger partial charge on any atom is -0.373 e. The predicted octanol–water partition coefficient (Wildman–Crippen LogP) is 5.09. The van der Waals surface area contributed by atoms with Crippen LogP contribution in [0.15, 0.2) is 24.3 Å². The molecule has 0 spiro atoms. The minimum atomic E-state index is -3.42. The molecule has 2 unspecified atom stereocenters. The second-order valence-electron chi connectivity index (χ2n) is 6.61. The van der Waals surface area contributed by atoms with Crippen molar-refractivity contribution in [1.82, 2.24) is 4.98 Å². The number of hydrogen-bond donors (Lipinski definition) is 0. The molecule has 1 heterocycles. The normalized spacial score (nSPS) is 23.2. The summed E-state index contributed by atoms with van der Waals surface area (Å²) < 4.78 is 20.1. The second kappa shape index (κ2) is 9.31. The molecule has 1 aromatic heterocycles. The highest BCUT2D eigenvalue weighted by Gasteiger charge is 2.68. The van der Waals surface area contributed by atoms with E-state index in [2.05, 4.69) is 0 Å². The first-order valence-corrected chi connectivity index (χ1v) is 13.4. The molecule has 1 fully saturated rings. The summed E-state index contributed by atoms with van der Waals surface area (Å²) in [5.41, 5.74) is 0.905. The average Bonchev–Trinajstić information content (AvgIpc) is 3.14. The van der Waals surface area contributed by atoms with E-state index in [-0.39, 0.29) is 5.92 Å². The third-order valence-corrected chi connectivity index (χ3v) is 11.8. The van der Waals surface area contributed by atoms with Gasteiger partial charge in [-0.25, -0.2) is 4.98 Å². The Labute approximate surface area is 193 Å². The summed E-state index contributed by atoms with van der Waals surface area (Å²) in [6.07, 6.45) is 1.93. The van der Waals surface area contributed by atoms with Gasteiger partial charge in [-0.1, -0.05) is 55.7 Å². The van der Waals surface area contributed by atoms with Gasteiger partial charge in [-0.15, -0.1) is 11.3 Å². The van der Waals surface area contributed by atoms with Crippen LogP contribution in [0.4, 0.5) is 0 Å². The summed E-state index contributed by atoms with van der Waals surface area (Å²) in [7, 11) is -3.42. The smallest absolute Gasteiger partial charge is 0.373 e. The van der Waals surface area contributed by atoms with Crippen LogP contribution in [0.3, 0.4) is 0 Å². The number of nitrogens with zero attached hydrogens (tertiary/aromatic N) is 1. The molecule has 2 aromatic rings. The van der Waals surface area contributed by atoms with Gasteiger partial charge in [-0.2, -0.15) is 0 Å². The molecule has 4 nitrogen and oxygen atoms in total. The highest BCUT2D eigenvalue weighted by atomic mass is 32.1. The predicted molar refractivity (Wildman–Crippen MR) is 133 cm³/mol. The van der Waals surface area contributed by atoms with E-state index in [4.69, 9.17) is 54.9 Å². The third kappa shape index (κ3) is 3.80. The molecule has 155 valence electrons. The fourth-order valence-electron chi connectivity index (χ4n) is 3.63. The van der Waals surface area contributed by atoms with Gasteiger partial charge >= 0.3 is 8.80 Å². The van der Waals surface area contributed by atoms with Crippen LogP contribution in [0.2, 0.25) is 0 Å². The number of fused-ring (bicyclic) bond motifs is 1. The Hall–Kier alpha value is -0.523. The fourth-order valence-corrected chi connectivity index (χ4v) is 9.86. The number of rotatable bonds is 8. The molecular formula is C20H24NO3S4Si. The van der Waals surface area contributed by atoms with Crippen molar-refractivity contribution in [3.63, 3.8) is 0 Å². The standard InChI is InChI=1S/C20H24NO3S4Si/c1-5-22-29(23-6-2,24-7-3)20(12-15(25)17(26)13(4)18(20)27)19-21-14-10-8-9-11-16(14)28-19/h8-13H,5-7H2,1-4H3. The third-order valence-electron chi connectivity index (χ3n) is 4.88. The van der Waals surface area contributed by atoms with Crippen LogP contribution in [-0.2, 0) is 18.3 Å². The monoisotopic (exact) mass is 482 g/mol. The van der Waals surface area contributed by atoms with E-state index < -0.39 is 13.8 Å². The molecule has 0 saturated heterocycles. The van der Waals surface area contributed by atoms with Gasteiger partial charge in [0.25, 0.3) is 0 Å². The number of thiazole rings is 1. The zero-order chi connectivity index (χ0) is 21.2. The number of hydrogen-bond acceptors (Lipinski definition) is 8. The molecule has 1 aliphatic carbocycles. The maximum Gasteiger partial charge on any atom is 0.520 e. The summed E-state index contributed by atoms with van der Waals surface area (Å²) in [5, 5.41) is -0.158. The quantitative estimate of drug-likeness (QED) is 0.384. The Morgan fingerprint density at radius 3 is 2.17 bits per heavy atom. The van der Waals surface area contributed by atoms with Crippen molar-refractivity contribution in [3.8, 4) is 0 Å². The molecule has 0 bridgehead atoms. The first-order chi connectivity index (χ1) is 13.9. The first-order valence-electron chi connectivity index (χ1n) is 9.63. The van der Waals surface area contributed by atoms with E-state index in [0.717, 1.165) is 15.2 Å². The largest absolute Gasteiger partial charge is 0.520 e. The number of para-hydroxylation sites is 1. The highest BCUT2D eigenvalue weighted by molar-refractivity contribution is 7.90. The molecule has 2 atom stereocenters. The summed E-state index contributed by atoms with van der Waals surface area (Å²) in [6.45, 7) is 9.09.